The second-order valence-corrected chi connectivity index (χ2v) is 6.36. The maximum atomic E-state index is 12.3. The van der Waals surface area contributed by atoms with Crippen LogP contribution >= 0.6 is 0 Å². The third kappa shape index (κ3) is 3.38. The van der Waals surface area contributed by atoms with Crippen LogP contribution in [0.3, 0.4) is 0 Å². The summed E-state index contributed by atoms with van der Waals surface area (Å²) in [5.74, 6) is 0.121. The van der Waals surface area contributed by atoms with Crippen molar-refractivity contribution in [2.75, 3.05) is 0 Å². The normalized spacial score (nSPS) is 11.3. The zero-order valence-corrected chi connectivity index (χ0v) is 14.9. The zero-order valence-electron chi connectivity index (χ0n) is 14.9. The van der Waals surface area contributed by atoms with Gasteiger partial charge < -0.3 is 4.74 Å². The Morgan fingerprint density at radius 1 is 0.963 bits per heavy atom. The summed E-state index contributed by atoms with van der Waals surface area (Å²) in [5.41, 5.74) is 6.74. The van der Waals surface area contributed by atoms with Crippen LogP contribution in [-0.2, 0) is 0 Å². The monoisotopic (exact) mass is 365 g/mol. The average molecular weight is 365 g/mol. The third-order valence-corrected chi connectivity index (χ3v) is 4.43. The molecule has 0 aliphatic carbocycles. The molecule has 0 N–H and O–H groups in total. The number of fused-ring (bicyclic) bond motifs is 1. The van der Waals surface area contributed by atoms with Crippen molar-refractivity contribution in [2.24, 2.45) is 0 Å². The molecular formula is C21H17F2N3O. The van der Waals surface area contributed by atoms with Crippen molar-refractivity contribution < 1.29 is 13.5 Å². The first-order valence-electron chi connectivity index (χ1n) is 8.47. The maximum absolute atomic E-state index is 12.3. The highest BCUT2D eigenvalue weighted by atomic mass is 19.3. The molecule has 4 rings (SSSR count). The van der Waals surface area contributed by atoms with Crippen LogP contribution in [0, 0.1) is 13.8 Å². The number of alkyl halides is 2. The SMILES string of the molecule is Cc1ccc(-c2cc3c(cn2)ncn3-c2ccc(OC(F)F)cc2)c(C)c1. The van der Waals surface area contributed by atoms with Crippen LogP contribution in [0.25, 0.3) is 28.0 Å². The number of nitrogens with zero attached hydrogens (tertiary/aromatic N) is 3. The summed E-state index contributed by atoms with van der Waals surface area (Å²) < 4.78 is 30.9. The quantitative estimate of drug-likeness (QED) is 0.492. The van der Waals surface area contributed by atoms with Gasteiger partial charge in [0.05, 0.1) is 17.4 Å². The second-order valence-electron chi connectivity index (χ2n) is 6.36. The number of hydrogen-bond acceptors (Lipinski definition) is 3. The molecule has 0 bridgehead atoms. The summed E-state index contributed by atoms with van der Waals surface area (Å²) >= 11 is 0. The molecule has 2 aromatic heterocycles. The summed E-state index contributed by atoms with van der Waals surface area (Å²) in [6.45, 7) is 1.29. The number of aromatic nitrogens is 3. The molecule has 0 radical (unpaired) electrons. The Morgan fingerprint density at radius 2 is 1.74 bits per heavy atom. The molecule has 0 amide bonds. The number of rotatable bonds is 4. The van der Waals surface area contributed by atoms with E-state index in [1.165, 1.54) is 17.7 Å². The highest BCUT2D eigenvalue weighted by molar-refractivity contribution is 5.81. The van der Waals surface area contributed by atoms with Gasteiger partial charge >= 0.3 is 6.61 Å². The first kappa shape index (κ1) is 17.1. The molecule has 0 aliphatic rings. The van der Waals surface area contributed by atoms with Gasteiger partial charge in [0.15, 0.2) is 0 Å². The average Bonchev–Trinajstić information content (AvgIpc) is 3.05. The Bertz CT molecular complexity index is 1100. The number of benzene rings is 2. The fraction of sp³-hybridized carbons (Fsp3) is 0.143. The standard InChI is InChI=1S/C21H17F2N3O/c1-13-3-8-17(14(2)9-13)18-10-20-19(11-24-18)25-12-26(20)15-4-6-16(7-5-15)27-21(22)23/h3-12,21H,1-2H3. The second kappa shape index (κ2) is 6.79. The molecule has 0 aliphatic heterocycles. The van der Waals surface area contributed by atoms with E-state index in [2.05, 4.69) is 46.8 Å². The van der Waals surface area contributed by atoms with E-state index < -0.39 is 6.61 Å². The van der Waals surface area contributed by atoms with Crippen molar-refractivity contribution >= 4 is 11.0 Å². The Labute approximate surface area is 155 Å². The predicted molar refractivity (Wildman–Crippen MR) is 100 cm³/mol. The van der Waals surface area contributed by atoms with Gasteiger partial charge in [-0.25, -0.2) is 4.98 Å². The van der Waals surface area contributed by atoms with Crippen molar-refractivity contribution in [2.45, 2.75) is 20.5 Å². The topological polar surface area (TPSA) is 39.9 Å². The number of pyridine rings is 1. The summed E-state index contributed by atoms with van der Waals surface area (Å²) in [6.07, 6.45) is 3.44. The van der Waals surface area contributed by atoms with Gasteiger partial charge in [-0.3, -0.25) is 9.55 Å². The van der Waals surface area contributed by atoms with Crippen molar-refractivity contribution in [3.8, 4) is 22.7 Å². The minimum absolute atomic E-state index is 0.121. The van der Waals surface area contributed by atoms with Crippen LogP contribution in [0.2, 0.25) is 0 Å². The largest absolute Gasteiger partial charge is 0.435 e. The van der Waals surface area contributed by atoms with E-state index in [-0.39, 0.29) is 5.75 Å². The van der Waals surface area contributed by atoms with E-state index in [0.29, 0.717) is 0 Å². The molecule has 0 saturated heterocycles. The minimum atomic E-state index is -2.84. The smallest absolute Gasteiger partial charge is 0.387 e. The highest BCUT2D eigenvalue weighted by Gasteiger charge is 2.10. The molecule has 2 heterocycles. The number of aryl methyl sites for hydroxylation is 2. The van der Waals surface area contributed by atoms with Gasteiger partial charge in [0.25, 0.3) is 0 Å². The molecule has 0 spiro atoms. The highest BCUT2D eigenvalue weighted by Crippen LogP contribution is 2.27. The van der Waals surface area contributed by atoms with Crippen LogP contribution in [0.5, 0.6) is 5.75 Å². The van der Waals surface area contributed by atoms with Crippen LogP contribution < -0.4 is 4.74 Å². The molecule has 4 aromatic rings. The Hall–Kier alpha value is -3.28. The molecule has 0 atom stereocenters. The molecule has 27 heavy (non-hydrogen) atoms. The molecule has 136 valence electrons. The number of ether oxygens (including phenoxy) is 1. The van der Waals surface area contributed by atoms with E-state index in [1.807, 2.05) is 10.6 Å². The van der Waals surface area contributed by atoms with Gasteiger partial charge in [-0.15, -0.1) is 0 Å². The van der Waals surface area contributed by atoms with Crippen molar-refractivity contribution in [3.05, 3.63) is 72.2 Å². The fourth-order valence-electron chi connectivity index (χ4n) is 3.15. The summed E-state index contributed by atoms with van der Waals surface area (Å²) in [4.78, 5) is 8.93. The summed E-state index contributed by atoms with van der Waals surface area (Å²) in [5, 5.41) is 0. The third-order valence-electron chi connectivity index (χ3n) is 4.43. The van der Waals surface area contributed by atoms with Gasteiger partial charge in [0.1, 0.15) is 17.6 Å². The first-order chi connectivity index (χ1) is 13.0. The van der Waals surface area contributed by atoms with E-state index in [1.54, 1.807) is 24.7 Å². The zero-order chi connectivity index (χ0) is 19.0. The van der Waals surface area contributed by atoms with Crippen molar-refractivity contribution in [1.29, 1.82) is 0 Å². The fourth-order valence-corrected chi connectivity index (χ4v) is 3.15. The summed E-state index contributed by atoms with van der Waals surface area (Å²) in [6, 6.07) is 14.7. The number of imidazole rings is 1. The first-order valence-corrected chi connectivity index (χ1v) is 8.47. The molecule has 2 aromatic carbocycles. The van der Waals surface area contributed by atoms with Gasteiger partial charge in [0, 0.05) is 11.3 Å². The lowest BCUT2D eigenvalue weighted by molar-refractivity contribution is -0.0498. The number of halogens is 2. The van der Waals surface area contributed by atoms with E-state index in [0.717, 1.165) is 33.5 Å². The summed E-state index contributed by atoms with van der Waals surface area (Å²) in [7, 11) is 0. The van der Waals surface area contributed by atoms with Gasteiger partial charge in [0.2, 0.25) is 0 Å². The van der Waals surface area contributed by atoms with Crippen LogP contribution in [-0.4, -0.2) is 21.1 Å². The van der Waals surface area contributed by atoms with Crippen LogP contribution in [0.4, 0.5) is 8.78 Å². The molecular weight excluding hydrogens is 348 g/mol. The molecule has 4 nitrogen and oxygen atoms in total. The number of hydrogen-bond donors (Lipinski definition) is 0. The lowest BCUT2D eigenvalue weighted by atomic mass is 10.0. The van der Waals surface area contributed by atoms with E-state index >= 15 is 0 Å². The van der Waals surface area contributed by atoms with Crippen LogP contribution in [0.15, 0.2) is 61.1 Å². The molecule has 0 saturated carbocycles. The Kier molecular flexibility index (Phi) is 4.32. The molecule has 6 heteroatoms. The van der Waals surface area contributed by atoms with E-state index in [9.17, 15) is 8.78 Å². The van der Waals surface area contributed by atoms with Crippen LogP contribution in [0.1, 0.15) is 11.1 Å². The lowest BCUT2D eigenvalue weighted by Crippen LogP contribution is -2.02. The lowest BCUT2D eigenvalue weighted by Gasteiger charge is -2.09. The van der Waals surface area contributed by atoms with Gasteiger partial charge in [-0.2, -0.15) is 8.78 Å². The minimum Gasteiger partial charge on any atom is -0.435 e. The Morgan fingerprint density at radius 3 is 2.44 bits per heavy atom. The maximum Gasteiger partial charge on any atom is 0.387 e. The predicted octanol–water partition coefficient (Wildman–Crippen LogP) is 5.31. The van der Waals surface area contributed by atoms with Crippen molar-refractivity contribution in [3.63, 3.8) is 0 Å². The molecule has 0 fully saturated rings. The van der Waals surface area contributed by atoms with E-state index in [4.69, 9.17) is 0 Å². The van der Waals surface area contributed by atoms with Gasteiger partial charge in [-0.05, 0) is 49.7 Å². The molecule has 0 unspecified atom stereocenters. The Balaban J connectivity index is 1.76. The van der Waals surface area contributed by atoms with Crippen molar-refractivity contribution in [1.82, 2.24) is 14.5 Å². The van der Waals surface area contributed by atoms with Gasteiger partial charge in [-0.1, -0.05) is 23.8 Å².